The lowest BCUT2D eigenvalue weighted by atomic mass is 10.1. The van der Waals surface area contributed by atoms with E-state index in [0.717, 1.165) is 45.3 Å². The van der Waals surface area contributed by atoms with Crippen molar-refractivity contribution in [2.45, 2.75) is 25.1 Å². The summed E-state index contributed by atoms with van der Waals surface area (Å²) in [5, 5.41) is 6.14. The lowest BCUT2D eigenvalue weighted by Gasteiger charge is -2.24. The van der Waals surface area contributed by atoms with E-state index in [9.17, 15) is 18.0 Å². The zero-order valence-corrected chi connectivity index (χ0v) is 13.9. The van der Waals surface area contributed by atoms with Crippen molar-refractivity contribution in [2.75, 3.05) is 25.5 Å². The molecule has 1 aliphatic heterocycles. The Bertz CT molecular complexity index is 524. The number of alkyl halides is 3. The van der Waals surface area contributed by atoms with Crippen LogP contribution in [-0.4, -0.2) is 37.2 Å². The number of methoxy groups -OCH3 is 1. The fourth-order valence-electron chi connectivity index (χ4n) is 2.22. The SMILES string of the molecule is COC(=O)c1cnc(NC2CCNCC2)cc1C(F)(F)F.Cl.Cl. The number of nitrogens with one attached hydrogen (secondary N) is 2. The molecule has 0 amide bonds. The molecular weight excluding hydrogens is 358 g/mol. The molecule has 10 heteroatoms. The normalized spacial score (nSPS) is 15.1. The number of aromatic nitrogens is 1. The van der Waals surface area contributed by atoms with Crippen molar-refractivity contribution in [1.29, 1.82) is 0 Å². The van der Waals surface area contributed by atoms with E-state index in [0.29, 0.717) is 0 Å². The summed E-state index contributed by atoms with van der Waals surface area (Å²) in [6, 6.07) is 0.928. The maximum Gasteiger partial charge on any atom is 0.417 e. The topological polar surface area (TPSA) is 63.2 Å². The van der Waals surface area contributed by atoms with Gasteiger partial charge in [-0.05, 0) is 32.0 Å². The minimum Gasteiger partial charge on any atom is -0.465 e. The quantitative estimate of drug-likeness (QED) is 0.795. The fourth-order valence-corrected chi connectivity index (χ4v) is 2.22. The molecule has 1 saturated heterocycles. The molecule has 2 N–H and O–H groups in total. The third-order valence-corrected chi connectivity index (χ3v) is 3.31. The van der Waals surface area contributed by atoms with Crippen LogP contribution in [0.4, 0.5) is 19.0 Å². The molecule has 5 nitrogen and oxygen atoms in total. The number of nitrogens with zero attached hydrogens (tertiary/aromatic N) is 1. The predicted molar refractivity (Wildman–Crippen MR) is 84.6 cm³/mol. The van der Waals surface area contributed by atoms with E-state index >= 15 is 0 Å². The number of pyridine rings is 1. The van der Waals surface area contributed by atoms with E-state index in [1.165, 1.54) is 0 Å². The van der Waals surface area contributed by atoms with Gasteiger partial charge in [0.15, 0.2) is 0 Å². The van der Waals surface area contributed by atoms with Crippen molar-refractivity contribution in [3.63, 3.8) is 0 Å². The van der Waals surface area contributed by atoms with Crippen LogP contribution in [0.2, 0.25) is 0 Å². The molecular formula is C13H18Cl2F3N3O2. The number of piperidine rings is 1. The Labute approximate surface area is 144 Å². The Hall–Kier alpha value is -1.25. The van der Waals surface area contributed by atoms with Gasteiger partial charge in [-0.1, -0.05) is 0 Å². The summed E-state index contributed by atoms with van der Waals surface area (Å²) >= 11 is 0. The largest absolute Gasteiger partial charge is 0.465 e. The molecule has 2 heterocycles. The van der Waals surface area contributed by atoms with Crippen LogP contribution in [0.25, 0.3) is 0 Å². The van der Waals surface area contributed by atoms with Gasteiger partial charge in [-0.3, -0.25) is 0 Å². The van der Waals surface area contributed by atoms with Crippen LogP contribution >= 0.6 is 24.8 Å². The Morgan fingerprint density at radius 3 is 2.48 bits per heavy atom. The number of halogens is 5. The minimum absolute atomic E-state index is 0. The minimum atomic E-state index is -4.64. The van der Waals surface area contributed by atoms with Crippen LogP contribution in [-0.2, 0) is 10.9 Å². The van der Waals surface area contributed by atoms with Crippen LogP contribution in [0.1, 0.15) is 28.8 Å². The highest BCUT2D eigenvalue weighted by Gasteiger charge is 2.36. The number of esters is 1. The van der Waals surface area contributed by atoms with Crippen LogP contribution in [0.5, 0.6) is 0 Å². The second-order valence-electron chi connectivity index (χ2n) is 4.77. The summed E-state index contributed by atoms with van der Waals surface area (Å²) in [4.78, 5) is 15.3. The lowest BCUT2D eigenvalue weighted by Crippen LogP contribution is -2.35. The zero-order chi connectivity index (χ0) is 15.5. The van der Waals surface area contributed by atoms with Gasteiger partial charge >= 0.3 is 12.1 Å². The number of rotatable bonds is 3. The highest BCUT2D eigenvalue weighted by Crippen LogP contribution is 2.33. The van der Waals surface area contributed by atoms with Crippen molar-refractivity contribution in [3.8, 4) is 0 Å². The van der Waals surface area contributed by atoms with Crippen molar-refractivity contribution >= 4 is 36.6 Å². The third-order valence-electron chi connectivity index (χ3n) is 3.31. The Balaban J connectivity index is 0.00000242. The lowest BCUT2D eigenvalue weighted by molar-refractivity contribution is -0.138. The van der Waals surface area contributed by atoms with Gasteiger partial charge in [-0.2, -0.15) is 13.2 Å². The van der Waals surface area contributed by atoms with Crippen LogP contribution in [0.15, 0.2) is 12.3 Å². The highest BCUT2D eigenvalue weighted by atomic mass is 35.5. The summed E-state index contributed by atoms with van der Waals surface area (Å²) < 4.78 is 43.4. The third kappa shape index (κ3) is 5.71. The zero-order valence-electron chi connectivity index (χ0n) is 12.3. The number of hydrogen-bond donors (Lipinski definition) is 2. The highest BCUT2D eigenvalue weighted by molar-refractivity contribution is 5.91. The van der Waals surface area contributed by atoms with Gasteiger partial charge in [0.05, 0.1) is 18.2 Å². The molecule has 0 aromatic carbocycles. The molecule has 2 rings (SSSR count). The summed E-state index contributed by atoms with van der Waals surface area (Å²) in [7, 11) is 1.03. The Morgan fingerprint density at radius 1 is 1.35 bits per heavy atom. The second-order valence-corrected chi connectivity index (χ2v) is 4.77. The Morgan fingerprint density at radius 2 is 1.96 bits per heavy atom. The number of hydrogen-bond acceptors (Lipinski definition) is 5. The van der Waals surface area contributed by atoms with Gasteiger partial charge < -0.3 is 15.4 Å². The number of carbonyl (C=O) groups is 1. The summed E-state index contributed by atoms with van der Waals surface area (Å²) in [5.74, 6) is -0.940. The van der Waals surface area contributed by atoms with E-state index in [-0.39, 0.29) is 36.7 Å². The first kappa shape index (κ1) is 21.8. The molecule has 1 fully saturated rings. The van der Waals surface area contributed by atoms with Crippen molar-refractivity contribution < 1.29 is 22.7 Å². The van der Waals surface area contributed by atoms with Crippen LogP contribution in [0.3, 0.4) is 0 Å². The van der Waals surface area contributed by atoms with E-state index < -0.39 is 23.3 Å². The Kier molecular flexibility index (Phi) is 8.65. The molecule has 0 radical (unpaired) electrons. The predicted octanol–water partition coefficient (Wildman–Crippen LogP) is 2.89. The van der Waals surface area contributed by atoms with E-state index in [4.69, 9.17) is 0 Å². The molecule has 0 aliphatic carbocycles. The number of anilines is 1. The molecule has 1 aromatic rings. The average molecular weight is 376 g/mol. The summed E-state index contributed by atoms with van der Waals surface area (Å²) in [6.07, 6.45) is -2.13. The maximum atomic E-state index is 13.0. The van der Waals surface area contributed by atoms with E-state index in [2.05, 4.69) is 20.4 Å². The number of ether oxygens (including phenoxy) is 1. The molecule has 0 unspecified atom stereocenters. The van der Waals surface area contributed by atoms with Crippen LogP contribution < -0.4 is 10.6 Å². The van der Waals surface area contributed by atoms with Gasteiger partial charge in [-0.25, -0.2) is 9.78 Å². The first-order valence-electron chi connectivity index (χ1n) is 6.54. The molecule has 23 heavy (non-hydrogen) atoms. The van der Waals surface area contributed by atoms with Gasteiger partial charge in [0.2, 0.25) is 0 Å². The van der Waals surface area contributed by atoms with Crippen molar-refractivity contribution in [1.82, 2.24) is 10.3 Å². The first-order chi connectivity index (χ1) is 9.91. The van der Waals surface area contributed by atoms with Crippen LogP contribution in [0, 0.1) is 0 Å². The van der Waals surface area contributed by atoms with Gasteiger partial charge in [0.1, 0.15) is 5.82 Å². The monoisotopic (exact) mass is 375 g/mol. The average Bonchev–Trinajstić information content (AvgIpc) is 2.46. The molecule has 0 saturated carbocycles. The van der Waals surface area contributed by atoms with Crippen molar-refractivity contribution in [2.24, 2.45) is 0 Å². The molecule has 1 aliphatic rings. The molecule has 1 aromatic heterocycles. The van der Waals surface area contributed by atoms with Gasteiger partial charge in [0, 0.05) is 12.2 Å². The molecule has 0 atom stereocenters. The summed E-state index contributed by atoms with van der Waals surface area (Å²) in [6.45, 7) is 1.62. The maximum absolute atomic E-state index is 13.0. The molecule has 0 bridgehead atoms. The first-order valence-corrected chi connectivity index (χ1v) is 6.54. The standard InChI is InChI=1S/C13H16F3N3O2.2ClH/c1-21-12(20)9-7-18-11(6-10(9)13(14,15)16)19-8-2-4-17-5-3-8;;/h6-8,17H,2-5H2,1H3,(H,18,19);2*1H. The molecule has 132 valence electrons. The van der Waals surface area contributed by atoms with E-state index in [1.54, 1.807) is 0 Å². The van der Waals surface area contributed by atoms with Gasteiger partial charge in [0.25, 0.3) is 0 Å². The summed E-state index contributed by atoms with van der Waals surface area (Å²) in [5.41, 5.74) is -1.62. The number of carbonyl (C=O) groups excluding carboxylic acids is 1. The van der Waals surface area contributed by atoms with Gasteiger partial charge in [-0.15, -0.1) is 24.8 Å². The fraction of sp³-hybridized carbons (Fsp3) is 0.538. The smallest absolute Gasteiger partial charge is 0.417 e. The molecule has 0 spiro atoms. The van der Waals surface area contributed by atoms with Crippen molar-refractivity contribution in [3.05, 3.63) is 23.4 Å². The second kappa shape index (κ2) is 9.14. The van der Waals surface area contributed by atoms with E-state index in [1.807, 2.05) is 0 Å².